The van der Waals surface area contributed by atoms with Crippen molar-refractivity contribution >= 4 is 11.6 Å². The van der Waals surface area contributed by atoms with E-state index < -0.39 is 0 Å². The van der Waals surface area contributed by atoms with E-state index in [0.717, 1.165) is 11.4 Å². The van der Waals surface area contributed by atoms with Crippen LogP contribution >= 0.6 is 11.6 Å². The summed E-state index contributed by atoms with van der Waals surface area (Å²) in [6, 6.07) is 1.91. The zero-order valence-electron chi connectivity index (χ0n) is 7.68. The lowest BCUT2D eigenvalue weighted by Crippen LogP contribution is -2.01. The average Bonchev–Trinajstić information content (AvgIpc) is 2.65. The molecule has 0 radical (unpaired) electrons. The molecule has 0 fully saturated rings. The summed E-state index contributed by atoms with van der Waals surface area (Å²) >= 11 is 5.66. The van der Waals surface area contributed by atoms with Crippen molar-refractivity contribution in [3.8, 4) is 5.82 Å². The van der Waals surface area contributed by atoms with Crippen molar-refractivity contribution in [3.63, 3.8) is 0 Å². The number of aryl methyl sites for hydroxylation is 1. The van der Waals surface area contributed by atoms with E-state index in [2.05, 4.69) is 15.1 Å². The second-order valence-corrected chi connectivity index (χ2v) is 3.17. The zero-order valence-corrected chi connectivity index (χ0v) is 8.44. The molecule has 0 aliphatic carbocycles. The Morgan fingerprint density at radius 1 is 1.43 bits per heavy atom. The van der Waals surface area contributed by atoms with Gasteiger partial charge in [-0.05, 0) is 13.0 Å². The molecule has 0 aliphatic rings. The normalized spacial score (nSPS) is 10.4. The maximum Gasteiger partial charge on any atom is 0.172 e. The maximum atomic E-state index is 5.66. The Bertz CT molecular complexity index is 438. The summed E-state index contributed by atoms with van der Waals surface area (Å²) in [6.07, 6.45) is 5.15. The first-order valence-corrected chi connectivity index (χ1v) is 4.72. The molecule has 0 aromatic carbocycles. The summed E-state index contributed by atoms with van der Waals surface area (Å²) in [6.45, 7) is 1.93. The Balaban J connectivity index is 2.41. The monoisotopic (exact) mass is 208 g/mol. The number of rotatable bonds is 2. The molecular formula is C9H9ClN4. The van der Waals surface area contributed by atoms with E-state index in [0.29, 0.717) is 11.7 Å². The minimum Gasteiger partial charge on any atom is -0.259 e. The van der Waals surface area contributed by atoms with Gasteiger partial charge in [-0.25, -0.2) is 9.67 Å². The van der Waals surface area contributed by atoms with Crippen molar-refractivity contribution in [3.05, 3.63) is 36.0 Å². The van der Waals surface area contributed by atoms with Crippen LogP contribution in [-0.2, 0) is 5.88 Å². The molecule has 0 atom stereocenters. The fourth-order valence-corrected chi connectivity index (χ4v) is 1.24. The van der Waals surface area contributed by atoms with E-state index in [1.807, 2.05) is 19.2 Å². The molecular weight excluding hydrogens is 200 g/mol. The van der Waals surface area contributed by atoms with Gasteiger partial charge in [0.2, 0.25) is 0 Å². The van der Waals surface area contributed by atoms with Crippen molar-refractivity contribution in [1.29, 1.82) is 0 Å². The van der Waals surface area contributed by atoms with Crippen LogP contribution in [0.2, 0.25) is 0 Å². The first-order valence-electron chi connectivity index (χ1n) is 4.19. The summed E-state index contributed by atoms with van der Waals surface area (Å²) in [5.74, 6) is 1.05. The molecule has 0 saturated carbocycles. The largest absolute Gasteiger partial charge is 0.259 e. The second-order valence-electron chi connectivity index (χ2n) is 2.90. The fraction of sp³-hybridized carbons (Fsp3) is 0.222. The molecule has 0 N–H and O–H groups in total. The predicted molar refractivity (Wildman–Crippen MR) is 53.4 cm³/mol. The highest BCUT2D eigenvalue weighted by Gasteiger charge is 2.01. The highest BCUT2D eigenvalue weighted by Crippen LogP contribution is 2.05. The smallest absolute Gasteiger partial charge is 0.172 e. The van der Waals surface area contributed by atoms with E-state index in [4.69, 9.17) is 11.6 Å². The molecule has 2 rings (SSSR count). The van der Waals surface area contributed by atoms with E-state index in [1.165, 1.54) is 0 Å². The minimum atomic E-state index is 0.362. The third-order valence-electron chi connectivity index (χ3n) is 1.77. The van der Waals surface area contributed by atoms with E-state index in [9.17, 15) is 0 Å². The number of hydrogen-bond donors (Lipinski definition) is 0. The Morgan fingerprint density at radius 2 is 2.29 bits per heavy atom. The fourth-order valence-electron chi connectivity index (χ4n) is 1.11. The summed E-state index contributed by atoms with van der Waals surface area (Å²) < 4.78 is 1.68. The lowest BCUT2D eigenvalue weighted by Gasteiger charge is -2.00. The van der Waals surface area contributed by atoms with Gasteiger partial charge in [0.25, 0.3) is 0 Å². The highest BCUT2D eigenvalue weighted by molar-refractivity contribution is 6.16. The Hall–Kier alpha value is -1.42. The molecule has 14 heavy (non-hydrogen) atoms. The number of aromatic nitrogens is 4. The maximum absolute atomic E-state index is 5.66. The molecule has 0 unspecified atom stereocenters. The van der Waals surface area contributed by atoms with Gasteiger partial charge in [0, 0.05) is 12.4 Å². The van der Waals surface area contributed by atoms with Gasteiger partial charge >= 0.3 is 0 Å². The molecule has 0 spiro atoms. The minimum absolute atomic E-state index is 0.362. The standard InChI is InChI=1S/C9H9ClN4/c1-7-2-3-14(13-7)9-6-11-5-8(4-10)12-9/h2-3,5-6H,4H2,1H3. The predicted octanol–water partition coefficient (Wildman–Crippen LogP) is 1.71. The van der Waals surface area contributed by atoms with Crippen molar-refractivity contribution < 1.29 is 0 Å². The lowest BCUT2D eigenvalue weighted by atomic mass is 10.5. The molecule has 0 bridgehead atoms. The van der Waals surface area contributed by atoms with Crippen LogP contribution in [0.25, 0.3) is 5.82 Å². The SMILES string of the molecule is Cc1ccn(-c2cncc(CCl)n2)n1. The van der Waals surface area contributed by atoms with Crippen molar-refractivity contribution in [2.24, 2.45) is 0 Å². The van der Waals surface area contributed by atoms with Crippen molar-refractivity contribution in [2.45, 2.75) is 12.8 Å². The second kappa shape index (κ2) is 3.75. The molecule has 4 nitrogen and oxygen atoms in total. The molecule has 5 heteroatoms. The molecule has 2 heterocycles. The molecule has 72 valence electrons. The van der Waals surface area contributed by atoms with Gasteiger partial charge in [-0.3, -0.25) is 4.98 Å². The van der Waals surface area contributed by atoms with Gasteiger partial charge in [-0.15, -0.1) is 11.6 Å². The molecule has 2 aromatic heterocycles. The van der Waals surface area contributed by atoms with Crippen LogP contribution in [0.5, 0.6) is 0 Å². The first kappa shape index (κ1) is 9.15. The van der Waals surface area contributed by atoms with Gasteiger partial charge in [0.15, 0.2) is 5.82 Å². The van der Waals surface area contributed by atoms with Crippen LogP contribution in [0.15, 0.2) is 24.7 Å². The number of halogens is 1. The van der Waals surface area contributed by atoms with Crippen LogP contribution < -0.4 is 0 Å². The first-order chi connectivity index (χ1) is 6.79. The van der Waals surface area contributed by atoms with Crippen LogP contribution in [0.3, 0.4) is 0 Å². The third kappa shape index (κ3) is 1.75. The van der Waals surface area contributed by atoms with Crippen LogP contribution in [0.4, 0.5) is 0 Å². The molecule has 2 aromatic rings. The van der Waals surface area contributed by atoms with Crippen molar-refractivity contribution in [2.75, 3.05) is 0 Å². The number of nitrogens with zero attached hydrogens (tertiary/aromatic N) is 4. The Kier molecular flexibility index (Phi) is 2.45. The molecule has 0 saturated heterocycles. The van der Waals surface area contributed by atoms with Gasteiger partial charge < -0.3 is 0 Å². The summed E-state index contributed by atoms with van der Waals surface area (Å²) in [4.78, 5) is 8.31. The van der Waals surface area contributed by atoms with Crippen LogP contribution in [-0.4, -0.2) is 19.7 Å². The quantitative estimate of drug-likeness (QED) is 0.706. The zero-order chi connectivity index (χ0) is 9.97. The van der Waals surface area contributed by atoms with E-state index in [-0.39, 0.29) is 0 Å². The van der Waals surface area contributed by atoms with E-state index >= 15 is 0 Å². The third-order valence-corrected chi connectivity index (χ3v) is 2.04. The topological polar surface area (TPSA) is 43.6 Å². The summed E-state index contributed by atoms with van der Waals surface area (Å²) in [5, 5.41) is 4.23. The number of hydrogen-bond acceptors (Lipinski definition) is 3. The lowest BCUT2D eigenvalue weighted by molar-refractivity contribution is 0.816. The Labute approximate surface area is 86.6 Å². The highest BCUT2D eigenvalue weighted by atomic mass is 35.5. The van der Waals surface area contributed by atoms with E-state index in [1.54, 1.807) is 17.1 Å². The number of alkyl halides is 1. The van der Waals surface area contributed by atoms with Gasteiger partial charge in [0.05, 0.1) is 23.5 Å². The average molecular weight is 209 g/mol. The van der Waals surface area contributed by atoms with Crippen molar-refractivity contribution in [1.82, 2.24) is 19.7 Å². The summed E-state index contributed by atoms with van der Waals surface area (Å²) in [5.41, 5.74) is 1.69. The van der Waals surface area contributed by atoms with Crippen LogP contribution in [0.1, 0.15) is 11.4 Å². The molecule has 0 aliphatic heterocycles. The van der Waals surface area contributed by atoms with Crippen LogP contribution in [0, 0.1) is 6.92 Å². The summed E-state index contributed by atoms with van der Waals surface area (Å²) in [7, 11) is 0. The Morgan fingerprint density at radius 3 is 2.93 bits per heavy atom. The molecule has 0 amide bonds. The van der Waals surface area contributed by atoms with Gasteiger partial charge in [-0.2, -0.15) is 5.10 Å². The van der Waals surface area contributed by atoms with Gasteiger partial charge in [-0.1, -0.05) is 0 Å². The van der Waals surface area contributed by atoms with Gasteiger partial charge in [0.1, 0.15) is 0 Å².